The molecule has 2 aromatic rings. The van der Waals surface area contributed by atoms with E-state index in [9.17, 15) is 4.79 Å². The number of unbranched alkanes of at least 4 members (excludes halogenated alkanes) is 2. The summed E-state index contributed by atoms with van der Waals surface area (Å²) in [5.41, 5.74) is 7.63. The van der Waals surface area contributed by atoms with Crippen molar-refractivity contribution in [2.45, 2.75) is 64.9 Å². The van der Waals surface area contributed by atoms with Crippen LogP contribution in [0.5, 0.6) is 5.75 Å². The topological polar surface area (TPSA) is 56.8 Å². The van der Waals surface area contributed by atoms with Crippen LogP contribution in [0.3, 0.4) is 0 Å². The molecule has 1 atom stereocenters. The molecule has 0 saturated carbocycles. The number of carbonyl (C=O) groups excluding carboxylic acids is 1. The van der Waals surface area contributed by atoms with Crippen LogP contribution < -0.4 is 10.1 Å². The Morgan fingerprint density at radius 1 is 1.24 bits per heavy atom. The normalized spacial score (nSPS) is 15.6. The van der Waals surface area contributed by atoms with Crippen LogP contribution in [0, 0.1) is 6.92 Å². The first-order valence-electron chi connectivity index (χ1n) is 12.1. The maximum Gasteiger partial charge on any atom is 0.339 e. The lowest BCUT2D eigenvalue weighted by atomic mass is 9.83. The van der Waals surface area contributed by atoms with Crippen LogP contribution in [0.15, 0.2) is 22.7 Å². The van der Waals surface area contributed by atoms with Gasteiger partial charge in [0.2, 0.25) is 0 Å². The third-order valence-corrected chi connectivity index (χ3v) is 7.62. The van der Waals surface area contributed by atoms with E-state index in [0.29, 0.717) is 6.61 Å². The summed E-state index contributed by atoms with van der Waals surface area (Å²) in [5, 5.41) is 3.55. The van der Waals surface area contributed by atoms with Crippen molar-refractivity contribution in [1.82, 2.24) is 0 Å². The van der Waals surface area contributed by atoms with E-state index in [0.717, 1.165) is 102 Å². The Morgan fingerprint density at radius 2 is 2.09 bits per heavy atom. The number of fused-ring (bicyclic) bond motifs is 2. The molecule has 178 valence electrons. The zero-order valence-electron chi connectivity index (χ0n) is 19.9. The van der Waals surface area contributed by atoms with E-state index in [1.807, 2.05) is 0 Å². The van der Waals surface area contributed by atoms with Crippen molar-refractivity contribution in [1.29, 1.82) is 0 Å². The van der Waals surface area contributed by atoms with Crippen molar-refractivity contribution in [3.05, 3.63) is 44.9 Å². The second-order valence-electron chi connectivity index (χ2n) is 8.87. The standard InChI is InChI=1S/C27H34BrNO4/c1-4-5-6-14-33-26(27(30)31-3)23-20-10-7-13-29-25(20)24(28)17(2)22(23)19-11-12-21-18(16-19)9-8-15-32-21/h11-12,16,26,29H,4-10,13-15H2,1-3H3/t26-/m1/s1. The molecule has 2 aliphatic rings. The minimum Gasteiger partial charge on any atom is -0.493 e. The number of methoxy groups -OCH3 is 1. The molecule has 4 rings (SSSR count). The maximum atomic E-state index is 13.1. The first-order chi connectivity index (χ1) is 16.1. The molecule has 0 amide bonds. The van der Waals surface area contributed by atoms with Crippen molar-refractivity contribution in [3.8, 4) is 16.9 Å². The number of halogens is 1. The number of esters is 1. The van der Waals surface area contributed by atoms with E-state index >= 15 is 0 Å². The van der Waals surface area contributed by atoms with Crippen LogP contribution >= 0.6 is 15.9 Å². The van der Waals surface area contributed by atoms with Crippen molar-refractivity contribution >= 4 is 27.6 Å². The van der Waals surface area contributed by atoms with Gasteiger partial charge < -0.3 is 19.5 Å². The molecule has 0 aromatic heterocycles. The fourth-order valence-corrected chi connectivity index (χ4v) is 5.52. The Kier molecular flexibility index (Phi) is 7.97. The Balaban J connectivity index is 1.90. The first-order valence-corrected chi connectivity index (χ1v) is 12.9. The van der Waals surface area contributed by atoms with Gasteiger partial charge in [-0.05, 0) is 94.9 Å². The van der Waals surface area contributed by atoms with Gasteiger partial charge in [0.25, 0.3) is 0 Å². The molecule has 2 aliphatic heterocycles. The predicted molar refractivity (Wildman–Crippen MR) is 135 cm³/mol. The third-order valence-electron chi connectivity index (χ3n) is 6.63. The van der Waals surface area contributed by atoms with Crippen molar-refractivity contribution in [3.63, 3.8) is 0 Å². The average Bonchev–Trinajstić information content (AvgIpc) is 2.86. The van der Waals surface area contributed by atoms with Gasteiger partial charge in [0.1, 0.15) is 5.75 Å². The fourth-order valence-electron chi connectivity index (χ4n) is 4.95. The van der Waals surface area contributed by atoms with Gasteiger partial charge in [-0.3, -0.25) is 0 Å². The molecule has 0 saturated heterocycles. The van der Waals surface area contributed by atoms with Crippen LogP contribution in [-0.2, 0) is 27.1 Å². The lowest BCUT2D eigenvalue weighted by Gasteiger charge is -2.30. The highest BCUT2D eigenvalue weighted by Crippen LogP contribution is 2.47. The van der Waals surface area contributed by atoms with Crippen molar-refractivity contribution in [2.24, 2.45) is 0 Å². The largest absolute Gasteiger partial charge is 0.493 e. The van der Waals surface area contributed by atoms with E-state index < -0.39 is 6.10 Å². The number of hydrogen-bond acceptors (Lipinski definition) is 5. The summed E-state index contributed by atoms with van der Waals surface area (Å²) in [6.07, 6.45) is 6.26. The summed E-state index contributed by atoms with van der Waals surface area (Å²) < 4.78 is 18.4. The Hall–Kier alpha value is -2.05. The van der Waals surface area contributed by atoms with Crippen LogP contribution in [0.25, 0.3) is 11.1 Å². The highest BCUT2D eigenvalue weighted by atomic mass is 79.9. The fraction of sp³-hybridized carbons (Fsp3) is 0.519. The summed E-state index contributed by atoms with van der Waals surface area (Å²) in [6.45, 7) is 6.49. The molecule has 0 unspecified atom stereocenters. The van der Waals surface area contributed by atoms with Gasteiger partial charge in [-0.15, -0.1) is 0 Å². The zero-order valence-corrected chi connectivity index (χ0v) is 21.5. The minimum absolute atomic E-state index is 0.344. The van der Waals surface area contributed by atoms with Crippen LogP contribution in [0.4, 0.5) is 5.69 Å². The van der Waals surface area contributed by atoms with Gasteiger partial charge in [-0.2, -0.15) is 0 Å². The molecular weight excluding hydrogens is 482 g/mol. The van der Waals surface area contributed by atoms with E-state index in [1.165, 1.54) is 12.7 Å². The molecule has 0 radical (unpaired) electrons. The molecule has 0 spiro atoms. The summed E-state index contributed by atoms with van der Waals surface area (Å²) in [6, 6.07) is 6.39. The second-order valence-corrected chi connectivity index (χ2v) is 9.66. The van der Waals surface area contributed by atoms with Crippen LogP contribution in [0.1, 0.15) is 67.4 Å². The van der Waals surface area contributed by atoms with E-state index in [4.69, 9.17) is 14.2 Å². The molecule has 0 bridgehead atoms. The number of benzene rings is 2. The van der Waals surface area contributed by atoms with Crippen LogP contribution in [-0.4, -0.2) is 32.8 Å². The van der Waals surface area contributed by atoms with Gasteiger partial charge in [-0.1, -0.05) is 25.8 Å². The summed E-state index contributed by atoms with van der Waals surface area (Å²) in [5.74, 6) is 0.617. The van der Waals surface area contributed by atoms with Crippen molar-refractivity contribution in [2.75, 3.05) is 32.2 Å². The molecule has 0 aliphatic carbocycles. The number of rotatable bonds is 8. The quantitative estimate of drug-likeness (QED) is 0.320. The molecule has 2 aromatic carbocycles. The Bertz CT molecular complexity index is 1020. The third kappa shape index (κ3) is 4.92. The molecule has 5 nitrogen and oxygen atoms in total. The highest BCUT2D eigenvalue weighted by Gasteiger charge is 2.33. The number of nitrogens with one attached hydrogen (secondary N) is 1. The van der Waals surface area contributed by atoms with Crippen LogP contribution in [0.2, 0.25) is 0 Å². The van der Waals surface area contributed by atoms with Gasteiger partial charge in [-0.25, -0.2) is 4.79 Å². The highest BCUT2D eigenvalue weighted by molar-refractivity contribution is 9.10. The number of hydrogen-bond donors (Lipinski definition) is 1. The van der Waals surface area contributed by atoms with Gasteiger partial charge >= 0.3 is 5.97 Å². The van der Waals surface area contributed by atoms with Gasteiger partial charge in [0.15, 0.2) is 6.10 Å². The molecule has 2 heterocycles. The SMILES string of the molecule is CCCCCO[C@@H](C(=O)OC)c1c2c(c(Br)c(C)c1-c1ccc3c(c1)CCCO3)NCCC2. The lowest BCUT2D eigenvalue weighted by Crippen LogP contribution is -2.24. The van der Waals surface area contributed by atoms with E-state index in [2.05, 4.69) is 53.3 Å². The second kappa shape index (κ2) is 10.9. The number of ether oxygens (including phenoxy) is 3. The minimum atomic E-state index is -0.755. The lowest BCUT2D eigenvalue weighted by molar-refractivity contribution is -0.154. The van der Waals surface area contributed by atoms with Gasteiger partial charge in [0.05, 0.1) is 19.4 Å². The van der Waals surface area contributed by atoms with E-state index in [1.54, 1.807) is 0 Å². The number of anilines is 1. The molecule has 0 fully saturated rings. The maximum absolute atomic E-state index is 13.1. The number of aryl methyl sites for hydroxylation is 1. The zero-order chi connectivity index (χ0) is 23.4. The predicted octanol–water partition coefficient (Wildman–Crippen LogP) is 6.53. The smallest absolute Gasteiger partial charge is 0.339 e. The Morgan fingerprint density at radius 3 is 2.88 bits per heavy atom. The molecule has 33 heavy (non-hydrogen) atoms. The average molecular weight is 516 g/mol. The van der Waals surface area contributed by atoms with E-state index in [-0.39, 0.29) is 5.97 Å². The monoisotopic (exact) mass is 515 g/mol. The summed E-state index contributed by atoms with van der Waals surface area (Å²) >= 11 is 3.86. The Labute approximate surface area is 205 Å². The molecular formula is C27H34BrNO4. The van der Waals surface area contributed by atoms with Gasteiger partial charge in [0, 0.05) is 23.2 Å². The molecule has 6 heteroatoms. The van der Waals surface area contributed by atoms with Crippen molar-refractivity contribution < 1.29 is 19.0 Å². The molecule has 1 N–H and O–H groups in total. The summed E-state index contributed by atoms with van der Waals surface area (Å²) in [7, 11) is 1.44. The first kappa shape index (κ1) is 24.1. The summed E-state index contributed by atoms with van der Waals surface area (Å²) in [4.78, 5) is 13.1. The number of carbonyl (C=O) groups is 1.